The topological polar surface area (TPSA) is 108 Å². The number of phenolic OH excluding ortho intramolecular Hbond substituents is 1. The highest BCUT2D eigenvalue weighted by Gasteiger charge is 2.37. The second-order valence-electron chi connectivity index (χ2n) is 14.2. The number of fused-ring (bicyclic) bond motifs is 1. The Kier molecular flexibility index (Phi) is 13.4. The minimum absolute atomic E-state index is 0.0988. The second kappa shape index (κ2) is 17.7. The lowest BCUT2D eigenvalue weighted by Crippen LogP contribution is -2.53. The van der Waals surface area contributed by atoms with Gasteiger partial charge in [0.2, 0.25) is 5.91 Å². The molecule has 0 aliphatic carbocycles. The molecule has 266 valence electrons. The molecule has 0 aromatic heterocycles. The van der Waals surface area contributed by atoms with E-state index in [-0.39, 0.29) is 18.1 Å². The standard InChI is InChI=1S/C42H53N3O5/c1-7-8-9-10-11-14-25-45(40(48)37(44-41(49)50-42(4,5)6)27-31-18-22-35(46)23-19-31)38(36-24-17-29(2)26-30(36)3)39(47)43-34-21-20-32-15-12-13-16-33(32)28-34/h12-13,15-24,26,28,37-38,46H,7-11,14,25,27H2,1-6H3,(H,43,47)(H,44,49). The maximum atomic E-state index is 14.9. The molecule has 2 unspecified atom stereocenters. The third kappa shape index (κ3) is 11.1. The molecule has 0 radical (unpaired) electrons. The number of hydrogen-bond donors (Lipinski definition) is 3. The van der Waals surface area contributed by atoms with Crippen LogP contribution < -0.4 is 10.6 Å². The molecular formula is C42H53N3O5. The average molecular weight is 680 g/mol. The van der Waals surface area contributed by atoms with Crippen molar-refractivity contribution in [2.24, 2.45) is 0 Å². The molecular weight excluding hydrogens is 626 g/mol. The van der Waals surface area contributed by atoms with Crippen molar-refractivity contribution in [2.45, 2.75) is 104 Å². The molecule has 0 spiro atoms. The first-order valence-corrected chi connectivity index (χ1v) is 17.8. The van der Waals surface area contributed by atoms with Crippen molar-refractivity contribution < 1.29 is 24.2 Å². The Labute approximate surface area is 297 Å². The van der Waals surface area contributed by atoms with E-state index in [9.17, 15) is 19.5 Å². The van der Waals surface area contributed by atoms with Gasteiger partial charge in [-0.3, -0.25) is 9.59 Å². The number of anilines is 1. The fourth-order valence-electron chi connectivity index (χ4n) is 6.21. The first kappa shape index (κ1) is 38.0. The minimum atomic E-state index is -1.05. The maximum absolute atomic E-state index is 14.9. The predicted molar refractivity (Wildman–Crippen MR) is 201 cm³/mol. The van der Waals surface area contributed by atoms with E-state index in [1.165, 1.54) is 0 Å². The lowest BCUT2D eigenvalue weighted by atomic mass is 9.95. The van der Waals surface area contributed by atoms with Gasteiger partial charge in [0.05, 0.1) is 0 Å². The van der Waals surface area contributed by atoms with Gasteiger partial charge < -0.3 is 25.4 Å². The van der Waals surface area contributed by atoms with E-state index in [0.29, 0.717) is 24.2 Å². The van der Waals surface area contributed by atoms with Crippen molar-refractivity contribution in [3.63, 3.8) is 0 Å². The van der Waals surface area contributed by atoms with Gasteiger partial charge in [0.1, 0.15) is 23.4 Å². The molecule has 0 heterocycles. The predicted octanol–water partition coefficient (Wildman–Crippen LogP) is 9.17. The normalized spacial score (nSPS) is 12.6. The van der Waals surface area contributed by atoms with E-state index in [1.807, 2.05) is 74.5 Å². The van der Waals surface area contributed by atoms with Gasteiger partial charge in [-0.05, 0) is 92.8 Å². The summed E-state index contributed by atoms with van der Waals surface area (Å²) in [5.74, 6) is -0.634. The summed E-state index contributed by atoms with van der Waals surface area (Å²) in [4.78, 5) is 44.3. The number of carbonyl (C=O) groups is 3. The molecule has 4 rings (SSSR count). The Morgan fingerprint density at radius 1 is 0.820 bits per heavy atom. The van der Waals surface area contributed by atoms with E-state index in [2.05, 4.69) is 17.6 Å². The summed E-state index contributed by atoms with van der Waals surface area (Å²) in [6.07, 6.45) is 5.42. The van der Waals surface area contributed by atoms with Crippen LogP contribution in [0.25, 0.3) is 10.8 Å². The number of alkyl carbamates (subject to hydrolysis) is 1. The fourth-order valence-corrected chi connectivity index (χ4v) is 6.21. The molecule has 0 saturated heterocycles. The van der Waals surface area contributed by atoms with Gasteiger partial charge in [0.15, 0.2) is 0 Å². The van der Waals surface area contributed by atoms with Gasteiger partial charge in [0.25, 0.3) is 5.91 Å². The van der Waals surface area contributed by atoms with Gasteiger partial charge >= 0.3 is 6.09 Å². The van der Waals surface area contributed by atoms with Crippen LogP contribution >= 0.6 is 0 Å². The first-order valence-electron chi connectivity index (χ1n) is 17.8. The number of unbranched alkanes of at least 4 members (excludes halogenated alkanes) is 5. The number of amides is 3. The van der Waals surface area contributed by atoms with E-state index in [4.69, 9.17) is 4.74 Å². The van der Waals surface area contributed by atoms with Gasteiger partial charge in [-0.25, -0.2) is 4.79 Å². The van der Waals surface area contributed by atoms with Crippen molar-refractivity contribution in [1.82, 2.24) is 10.2 Å². The van der Waals surface area contributed by atoms with Crippen LogP contribution in [0.2, 0.25) is 0 Å². The van der Waals surface area contributed by atoms with Gasteiger partial charge in [0, 0.05) is 18.7 Å². The summed E-state index contributed by atoms with van der Waals surface area (Å²) >= 11 is 0. The smallest absolute Gasteiger partial charge is 0.408 e. The Morgan fingerprint density at radius 2 is 1.50 bits per heavy atom. The van der Waals surface area contributed by atoms with Crippen LogP contribution in [0.5, 0.6) is 5.75 Å². The molecule has 2 atom stereocenters. The number of aryl methyl sites for hydroxylation is 2. The lowest BCUT2D eigenvalue weighted by Gasteiger charge is -2.35. The fraction of sp³-hybridized carbons (Fsp3) is 0.405. The molecule has 8 heteroatoms. The Hall–Kier alpha value is -4.85. The number of benzene rings is 4. The number of nitrogens with zero attached hydrogens (tertiary/aromatic N) is 1. The average Bonchev–Trinajstić information content (AvgIpc) is 3.06. The molecule has 0 aliphatic rings. The largest absolute Gasteiger partial charge is 0.508 e. The molecule has 4 aromatic carbocycles. The highest BCUT2D eigenvalue weighted by Crippen LogP contribution is 2.30. The zero-order valence-electron chi connectivity index (χ0n) is 30.4. The van der Waals surface area contributed by atoms with E-state index < -0.39 is 29.7 Å². The Bertz CT molecular complexity index is 1740. The third-order valence-electron chi connectivity index (χ3n) is 8.70. The van der Waals surface area contributed by atoms with Crippen LogP contribution in [0.3, 0.4) is 0 Å². The number of ether oxygens (including phenoxy) is 1. The quantitative estimate of drug-likeness (QED) is 0.109. The number of carbonyl (C=O) groups excluding carboxylic acids is 3. The van der Waals surface area contributed by atoms with Crippen molar-refractivity contribution in [2.75, 3.05) is 11.9 Å². The minimum Gasteiger partial charge on any atom is -0.508 e. The highest BCUT2D eigenvalue weighted by atomic mass is 16.6. The maximum Gasteiger partial charge on any atom is 0.408 e. The zero-order valence-corrected chi connectivity index (χ0v) is 30.4. The molecule has 0 saturated carbocycles. The van der Waals surface area contributed by atoms with Crippen LogP contribution in [0.1, 0.15) is 94.5 Å². The van der Waals surface area contributed by atoms with Crippen molar-refractivity contribution in [3.8, 4) is 5.75 Å². The molecule has 0 bridgehead atoms. The molecule has 50 heavy (non-hydrogen) atoms. The van der Waals surface area contributed by atoms with Gasteiger partial charge in [-0.1, -0.05) is 105 Å². The van der Waals surface area contributed by atoms with Crippen LogP contribution in [0.4, 0.5) is 10.5 Å². The number of aromatic hydroxyl groups is 1. The molecule has 4 aromatic rings. The number of hydrogen-bond acceptors (Lipinski definition) is 5. The van der Waals surface area contributed by atoms with Gasteiger partial charge in [-0.2, -0.15) is 0 Å². The van der Waals surface area contributed by atoms with E-state index >= 15 is 0 Å². The number of nitrogens with one attached hydrogen (secondary N) is 2. The summed E-state index contributed by atoms with van der Waals surface area (Å²) in [5.41, 5.74) is 3.23. The summed E-state index contributed by atoms with van der Waals surface area (Å²) in [6, 6.07) is 24.1. The molecule has 8 nitrogen and oxygen atoms in total. The summed E-state index contributed by atoms with van der Waals surface area (Å²) < 4.78 is 5.59. The van der Waals surface area contributed by atoms with Crippen molar-refractivity contribution in [1.29, 1.82) is 0 Å². The van der Waals surface area contributed by atoms with Crippen LogP contribution in [-0.2, 0) is 20.7 Å². The molecule has 0 aliphatic heterocycles. The van der Waals surface area contributed by atoms with Crippen LogP contribution in [0, 0.1) is 13.8 Å². The third-order valence-corrected chi connectivity index (χ3v) is 8.70. The van der Waals surface area contributed by atoms with Crippen molar-refractivity contribution >= 4 is 34.4 Å². The monoisotopic (exact) mass is 679 g/mol. The highest BCUT2D eigenvalue weighted by molar-refractivity contribution is 6.00. The first-order chi connectivity index (χ1) is 23.8. The summed E-state index contributed by atoms with van der Waals surface area (Å²) in [6.45, 7) is 11.7. The lowest BCUT2D eigenvalue weighted by molar-refractivity contribution is -0.140. The number of phenols is 1. The van der Waals surface area contributed by atoms with Crippen LogP contribution in [0.15, 0.2) is 84.9 Å². The SMILES string of the molecule is CCCCCCCCN(C(=O)C(Cc1ccc(O)cc1)NC(=O)OC(C)(C)C)C(C(=O)Nc1ccc2ccccc2c1)c1ccc(C)cc1C. The number of rotatable bonds is 15. The van der Waals surface area contributed by atoms with Gasteiger partial charge in [-0.15, -0.1) is 0 Å². The second-order valence-corrected chi connectivity index (χ2v) is 14.2. The molecule has 3 amide bonds. The Balaban J connectivity index is 1.77. The van der Waals surface area contributed by atoms with E-state index in [0.717, 1.165) is 59.6 Å². The molecule has 3 N–H and O–H groups in total. The molecule has 0 fully saturated rings. The van der Waals surface area contributed by atoms with E-state index in [1.54, 1.807) is 49.9 Å². The van der Waals surface area contributed by atoms with Crippen molar-refractivity contribution in [3.05, 3.63) is 107 Å². The zero-order chi connectivity index (χ0) is 36.3. The van der Waals surface area contributed by atoms with Crippen LogP contribution in [-0.4, -0.2) is 46.1 Å². The Morgan fingerprint density at radius 3 is 2.18 bits per heavy atom. The summed E-state index contributed by atoms with van der Waals surface area (Å²) in [5, 5.41) is 17.9. The summed E-state index contributed by atoms with van der Waals surface area (Å²) in [7, 11) is 0.